The highest BCUT2D eigenvalue weighted by Gasteiger charge is 2.10. The van der Waals surface area contributed by atoms with Crippen LogP contribution in [0.2, 0.25) is 0 Å². The third kappa shape index (κ3) is 4.65. The number of para-hydroxylation sites is 1. The van der Waals surface area contributed by atoms with Crippen molar-refractivity contribution in [2.75, 3.05) is 18.9 Å². The van der Waals surface area contributed by atoms with Crippen LogP contribution in [-0.4, -0.2) is 40.2 Å². The van der Waals surface area contributed by atoms with Crippen molar-refractivity contribution in [3.8, 4) is 0 Å². The lowest BCUT2D eigenvalue weighted by molar-refractivity contribution is -0.117. The molecule has 0 radical (unpaired) electrons. The van der Waals surface area contributed by atoms with Gasteiger partial charge in [-0.15, -0.1) is 0 Å². The molecule has 3 aromatic rings. The standard InChI is InChI=1S/C20H20N4O3/c1-13(25)14-7-9-15(10-8-14)21-19(26)12-24(2)11-18-22-17-6-4-3-5-16(17)20(27)23-18/h3-10H,11-12H2,1-2H3,(H,21,26)(H,22,23,27). The number of aromatic nitrogens is 2. The molecule has 0 atom stereocenters. The molecule has 1 aromatic heterocycles. The highest BCUT2D eigenvalue weighted by Crippen LogP contribution is 2.10. The number of fused-ring (bicyclic) bond motifs is 1. The molecule has 2 N–H and O–H groups in total. The van der Waals surface area contributed by atoms with E-state index in [1.807, 2.05) is 6.07 Å². The molecule has 7 heteroatoms. The van der Waals surface area contributed by atoms with E-state index in [1.165, 1.54) is 6.92 Å². The van der Waals surface area contributed by atoms with Crippen molar-refractivity contribution in [2.45, 2.75) is 13.5 Å². The molecule has 1 heterocycles. The molecule has 1 amide bonds. The molecule has 0 spiro atoms. The van der Waals surface area contributed by atoms with Gasteiger partial charge in [-0.3, -0.25) is 19.3 Å². The number of hydrogen-bond acceptors (Lipinski definition) is 5. The maximum Gasteiger partial charge on any atom is 0.258 e. The predicted molar refractivity (Wildman–Crippen MR) is 104 cm³/mol. The number of aromatic amines is 1. The number of amides is 1. The van der Waals surface area contributed by atoms with Crippen LogP contribution in [0.5, 0.6) is 0 Å². The Labute approximate surface area is 156 Å². The number of anilines is 1. The molecule has 0 saturated heterocycles. The van der Waals surface area contributed by atoms with E-state index in [-0.39, 0.29) is 23.8 Å². The summed E-state index contributed by atoms with van der Waals surface area (Å²) in [6.07, 6.45) is 0. The Kier molecular flexibility index (Phi) is 5.42. The fourth-order valence-electron chi connectivity index (χ4n) is 2.76. The van der Waals surface area contributed by atoms with Crippen LogP contribution in [0.15, 0.2) is 53.3 Å². The summed E-state index contributed by atoms with van der Waals surface area (Å²) in [5.41, 5.74) is 1.64. The lowest BCUT2D eigenvalue weighted by Crippen LogP contribution is -2.31. The van der Waals surface area contributed by atoms with E-state index >= 15 is 0 Å². The smallest absolute Gasteiger partial charge is 0.258 e. The average Bonchev–Trinajstić information content (AvgIpc) is 2.62. The van der Waals surface area contributed by atoms with E-state index in [9.17, 15) is 14.4 Å². The summed E-state index contributed by atoms with van der Waals surface area (Å²) in [6.45, 7) is 1.95. The zero-order valence-corrected chi connectivity index (χ0v) is 15.2. The van der Waals surface area contributed by atoms with Crippen LogP contribution < -0.4 is 10.9 Å². The molecular formula is C20H20N4O3. The van der Waals surface area contributed by atoms with Crippen LogP contribution >= 0.6 is 0 Å². The molecule has 3 rings (SSSR count). The highest BCUT2D eigenvalue weighted by molar-refractivity contribution is 5.96. The van der Waals surface area contributed by atoms with Crippen LogP contribution in [0.3, 0.4) is 0 Å². The second-order valence-corrected chi connectivity index (χ2v) is 6.38. The summed E-state index contributed by atoms with van der Waals surface area (Å²) in [6, 6.07) is 13.8. The number of ketones is 1. The molecule has 138 valence electrons. The van der Waals surface area contributed by atoms with Crippen LogP contribution in [0.4, 0.5) is 5.69 Å². The third-order valence-electron chi connectivity index (χ3n) is 4.07. The van der Waals surface area contributed by atoms with Crippen molar-refractivity contribution in [1.82, 2.24) is 14.9 Å². The topological polar surface area (TPSA) is 95.2 Å². The van der Waals surface area contributed by atoms with E-state index in [4.69, 9.17) is 0 Å². The SMILES string of the molecule is CC(=O)c1ccc(NC(=O)CN(C)Cc2nc3ccccc3c(=O)[nH]2)cc1. The number of carbonyl (C=O) groups excluding carboxylic acids is 2. The first-order valence-electron chi connectivity index (χ1n) is 8.50. The number of nitrogens with zero attached hydrogens (tertiary/aromatic N) is 2. The highest BCUT2D eigenvalue weighted by atomic mass is 16.2. The Morgan fingerprint density at radius 1 is 1.11 bits per heavy atom. The van der Waals surface area contributed by atoms with E-state index < -0.39 is 0 Å². The summed E-state index contributed by atoms with van der Waals surface area (Å²) >= 11 is 0. The van der Waals surface area contributed by atoms with E-state index in [0.717, 1.165) is 0 Å². The van der Waals surface area contributed by atoms with Crippen molar-refractivity contribution in [2.24, 2.45) is 0 Å². The number of hydrogen-bond donors (Lipinski definition) is 2. The zero-order valence-electron chi connectivity index (χ0n) is 15.2. The molecule has 0 aliphatic heterocycles. The molecule has 27 heavy (non-hydrogen) atoms. The van der Waals surface area contributed by atoms with Crippen molar-refractivity contribution in [3.63, 3.8) is 0 Å². The number of likely N-dealkylation sites (N-methyl/N-ethyl adjacent to an activating group) is 1. The van der Waals surface area contributed by atoms with Crippen molar-refractivity contribution in [3.05, 3.63) is 70.3 Å². The Morgan fingerprint density at radius 2 is 1.81 bits per heavy atom. The van der Waals surface area contributed by atoms with Gasteiger partial charge >= 0.3 is 0 Å². The Morgan fingerprint density at radius 3 is 2.52 bits per heavy atom. The van der Waals surface area contributed by atoms with Crippen molar-refractivity contribution < 1.29 is 9.59 Å². The van der Waals surface area contributed by atoms with Crippen LogP contribution in [0.1, 0.15) is 23.1 Å². The van der Waals surface area contributed by atoms with Crippen molar-refractivity contribution >= 4 is 28.3 Å². The summed E-state index contributed by atoms with van der Waals surface area (Å²) < 4.78 is 0. The second kappa shape index (κ2) is 7.92. The average molecular weight is 364 g/mol. The number of Topliss-reactive ketones (excluding diaryl/α,β-unsaturated/α-hetero) is 1. The molecular weight excluding hydrogens is 344 g/mol. The molecule has 2 aromatic carbocycles. The Hall–Kier alpha value is -3.32. The van der Waals surface area contributed by atoms with Crippen molar-refractivity contribution in [1.29, 1.82) is 0 Å². The lowest BCUT2D eigenvalue weighted by Gasteiger charge is -2.16. The van der Waals surface area contributed by atoms with E-state index in [2.05, 4.69) is 15.3 Å². The third-order valence-corrected chi connectivity index (χ3v) is 4.07. The molecule has 0 fully saturated rings. The van der Waals surface area contributed by atoms with E-state index in [1.54, 1.807) is 54.4 Å². The zero-order chi connectivity index (χ0) is 19.4. The predicted octanol–water partition coefficient (Wildman–Crippen LogP) is 2.20. The number of nitrogens with one attached hydrogen (secondary N) is 2. The largest absolute Gasteiger partial charge is 0.325 e. The van der Waals surface area contributed by atoms with Gasteiger partial charge in [-0.2, -0.15) is 0 Å². The van der Waals surface area contributed by atoms with Gasteiger partial charge in [0.15, 0.2) is 5.78 Å². The quantitative estimate of drug-likeness (QED) is 0.654. The minimum Gasteiger partial charge on any atom is -0.325 e. The van der Waals surface area contributed by atoms with Gasteiger partial charge < -0.3 is 10.3 Å². The van der Waals surface area contributed by atoms with Crippen LogP contribution in [0, 0.1) is 0 Å². The Bertz CT molecular complexity index is 1040. The van der Waals surface area contributed by atoms with Gasteiger partial charge in [-0.1, -0.05) is 12.1 Å². The maximum atomic E-state index is 12.2. The van der Waals surface area contributed by atoms with Gasteiger partial charge in [0.2, 0.25) is 5.91 Å². The van der Waals surface area contributed by atoms with Gasteiger partial charge in [-0.25, -0.2) is 4.98 Å². The maximum absolute atomic E-state index is 12.2. The van der Waals surface area contributed by atoms with Gasteiger partial charge in [0.1, 0.15) is 5.82 Å². The number of H-pyrrole nitrogens is 1. The number of benzene rings is 2. The molecule has 0 aliphatic rings. The van der Waals surface area contributed by atoms with Crippen LogP contribution in [0.25, 0.3) is 10.9 Å². The van der Waals surface area contributed by atoms with Crippen LogP contribution in [-0.2, 0) is 11.3 Å². The number of rotatable bonds is 6. The summed E-state index contributed by atoms with van der Waals surface area (Å²) in [5.74, 6) is 0.278. The van der Waals surface area contributed by atoms with E-state index in [0.29, 0.717) is 34.5 Å². The molecule has 0 bridgehead atoms. The molecule has 0 aliphatic carbocycles. The minimum atomic E-state index is -0.198. The first-order valence-corrected chi connectivity index (χ1v) is 8.50. The first-order chi connectivity index (χ1) is 12.9. The summed E-state index contributed by atoms with van der Waals surface area (Å²) in [4.78, 5) is 44.5. The number of carbonyl (C=O) groups is 2. The fourth-order valence-corrected chi connectivity index (χ4v) is 2.76. The fraction of sp³-hybridized carbons (Fsp3) is 0.200. The molecule has 0 saturated carbocycles. The molecule has 7 nitrogen and oxygen atoms in total. The second-order valence-electron chi connectivity index (χ2n) is 6.38. The molecule has 0 unspecified atom stereocenters. The lowest BCUT2D eigenvalue weighted by atomic mass is 10.1. The normalized spacial score (nSPS) is 10.9. The minimum absolute atomic E-state index is 0.0236. The Balaban J connectivity index is 1.61. The van der Waals surface area contributed by atoms with Gasteiger partial charge in [0.05, 0.1) is 24.0 Å². The van der Waals surface area contributed by atoms with Gasteiger partial charge in [0, 0.05) is 11.3 Å². The monoisotopic (exact) mass is 364 g/mol. The van der Waals surface area contributed by atoms with Gasteiger partial charge in [-0.05, 0) is 50.4 Å². The van der Waals surface area contributed by atoms with Gasteiger partial charge in [0.25, 0.3) is 5.56 Å². The first kappa shape index (κ1) is 18.5. The summed E-state index contributed by atoms with van der Waals surface area (Å²) in [5, 5.41) is 3.32. The summed E-state index contributed by atoms with van der Waals surface area (Å²) in [7, 11) is 1.77.